The Balaban J connectivity index is 2.90. The van der Waals surface area contributed by atoms with Crippen LogP contribution in [0.25, 0.3) is 0 Å². The minimum Gasteiger partial charge on any atom is -0.387 e. The summed E-state index contributed by atoms with van der Waals surface area (Å²) >= 11 is 0. The Morgan fingerprint density at radius 3 is 2.92 bits per heavy atom. The molecule has 0 saturated carbocycles. The number of hydrogen-bond donors (Lipinski definition) is 1. The molecule has 2 nitrogen and oxygen atoms in total. The molecule has 0 amide bonds. The second kappa shape index (κ2) is 4.08. The molecular formula is C11H17N2+. The van der Waals surface area contributed by atoms with Crippen molar-refractivity contribution in [3.05, 3.63) is 35.7 Å². The molecule has 0 fully saturated rings. The smallest absolute Gasteiger partial charge is 0.176 e. The quantitative estimate of drug-likeness (QED) is 0.501. The second-order valence-corrected chi connectivity index (χ2v) is 3.43. The summed E-state index contributed by atoms with van der Waals surface area (Å²) in [5, 5.41) is 3.17. The third-order valence-corrected chi connectivity index (χ3v) is 2.18. The summed E-state index contributed by atoms with van der Waals surface area (Å²) in [4.78, 5) is 0. The van der Waals surface area contributed by atoms with E-state index in [0.717, 1.165) is 12.2 Å². The lowest BCUT2D eigenvalue weighted by Crippen LogP contribution is -2.16. The maximum Gasteiger partial charge on any atom is 0.176 e. The highest BCUT2D eigenvalue weighted by Crippen LogP contribution is 2.06. The average Bonchev–Trinajstić information content (AvgIpc) is 2.08. The normalized spacial score (nSPS) is 17.3. The van der Waals surface area contributed by atoms with Gasteiger partial charge in [0.05, 0.1) is 0 Å². The van der Waals surface area contributed by atoms with E-state index >= 15 is 0 Å². The molecule has 0 aromatic rings. The molecule has 0 aromatic carbocycles. The Kier molecular flexibility index (Phi) is 3.07. The molecule has 0 bridgehead atoms. The van der Waals surface area contributed by atoms with Crippen molar-refractivity contribution in [1.29, 1.82) is 0 Å². The molecule has 0 unspecified atom stereocenters. The molecule has 13 heavy (non-hydrogen) atoms. The molecule has 1 aliphatic rings. The van der Waals surface area contributed by atoms with Gasteiger partial charge in [-0.25, -0.2) is 4.58 Å². The average molecular weight is 177 g/mol. The molecule has 0 saturated heterocycles. The van der Waals surface area contributed by atoms with Gasteiger partial charge in [0, 0.05) is 19.0 Å². The molecule has 0 aliphatic carbocycles. The predicted molar refractivity (Wildman–Crippen MR) is 56.9 cm³/mol. The van der Waals surface area contributed by atoms with Crippen molar-refractivity contribution in [2.24, 2.45) is 0 Å². The summed E-state index contributed by atoms with van der Waals surface area (Å²) in [6.07, 6.45) is 6.17. The maximum absolute atomic E-state index is 3.88. The lowest BCUT2D eigenvalue weighted by molar-refractivity contribution is -0.437. The van der Waals surface area contributed by atoms with Gasteiger partial charge in [-0.1, -0.05) is 0 Å². The Labute approximate surface area is 80.0 Å². The number of dihydropyridines is 1. The lowest BCUT2D eigenvalue weighted by Gasteiger charge is -2.09. The third kappa shape index (κ3) is 2.58. The molecule has 0 aromatic heterocycles. The van der Waals surface area contributed by atoms with E-state index < -0.39 is 0 Å². The summed E-state index contributed by atoms with van der Waals surface area (Å²) < 4.78 is 2.04. The standard InChI is InChI=1S/C11H17N2/c1-9(2)13(4)8-11-5-6-12-7-10(11)3/h5-6,8,12H,1,7H2,2-4H3/q+1. The highest BCUT2D eigenvalue weighted by Gasteiger charge is 2.05. The number of nitrogens with one attached hydrogen (secondary N) is 1. The van der Waals surface area contributed by atoms with Crippen LogP contribution in [-0.4, -0.2) is 24.4 Å². The monoisotopic (exact) mass is 177 g/mol. The first-order chi connectivity index (χ1) is 6.11. The SMILES string of the molecule is C=C(C)[N+](C)=CC1=C(C)CNC=C1. The van der Waals surface area contributed by atoms with E-state index in [1.807, 2.05) is 24.7 Å². The summed E-state index contributed by atoms with van der Waals surface area (Å²) in [7, 11) is 2.01. The van der Waals surface area contributed by atoms with Crippen molar-refractivity contribution in [1.82, 2.24) is 5.32 Å². The van der Waals surface area contributed by atoms with Crippen molar-refractivity contribution >= 4 is 6.21 Å². The van der Waals surface area contributed by atoms with E-state index in [4.69, 9.17) is 0 Å². The molecule has 2 heteroatoms. The molecule has 1 rings (SSSR count). The molecule has 70 valence electrons. The first kappa shape index (κ1) is 9.78. The minimum absolute atomic E-state index is 0.937. The van der Waals surface area contributed by atoms with Crippen LogP contribution < -0.4 is 5.32 Å². The van der Waals surface area contributed by atoms with Crippen LogP contribution in [-0.2, 0) is 0 Å². The van der Waals surface area contributed by atoms with Crippen LogP contribution in [0.2, 0.25) is 0 Å². The van der Waals surface area contributed by atoms with Gasteiger partial charge >= 0.3 is 0 Å². The molecule has 0 radical (unpaired) electrons. The van der Waals surface area contributed by atoms with Crippen LogP contribution in [0.1, 0.15) is 13.8 Å². The molecule has 1 heterocycles. The van der Waals surface area contributed by atoms with Crippen LogP contribution in [0.3, 0.4) is 0 Å². The largest absolute Gasteiger partial charge is 0.387 e. The van der Waals surface area contributed by atoms with Crippen molar-refractivity contribution in [2.75, 3.05) is 13.6 Å². The van der Waals surface area contributed by atoms with Crippen LogP contribution in [0, 0.1) is 0 Å². The minimum atomic E-state index is 0.937. The van der Waals surface area contributed by atoms with Crippen LogP contribution in [0.5, 0.6) is 0 Å². The van der Waals surface area contributed by atoms with E-state index in [9.17, 15) is 0 Å². The van der Waals surface area contributed by atoms with E-state index in [2.05, 4.69) is 31.1 Å². The van der Waals surface area contributed by atoms with Gasteiger partial charge in [-0.15, -0.1) is 0 Å². The Morgan fingerprint density at radius 1 is 1.69 bits per heavy atom. The number of allylic oxidation sites excluding steroid dienone is 3. The summed E-state index contributed by atoms with van der Waals surface area (Å²) in [6.45, 7) is 8.95. The highest BCUT2D eigenvalue weighted by atomic mass is 15.0. The van der Waals surface area contributed by atoms with Gasteiger partial charge in [0.15, 0.2) is 11.9 Å². The van der Waals surface area contributed by atoms with Crippen molar-refractivity contribution < 1.29 is 4.58 Å². The molecule has 1 N–H and O–H groups in total. The van der Waals surface area contributed by atoms with Gasteiger partial charge in [0.2, 0.25) is 0 Å². The van der Waals surface area contributed by atoms with E-state index in [1.54, 1.807) is 0 Å². The van der Waals surface area contributed by atoms with Crippen molar-refractivity contribution in [3.63, 3.8) is 0 Å². The molecule has 0 atom stereocenters. The lowest BCUT2D eigenvalue weighted by atomic mass is 10.1. The fourth-order valence-corrected chi connectivity index (χ4v) is 1.08. The fourth-order valence-electron chi connectivity index (χ4n) is 1.08. The van der Waals surface area contributed by atoms with Crippen LogP contribution in [0.15, 0.2) is 35.7 Å². The Hall–Kier alpha value is -1.31. The van der Waals surface area contributed by atoms with Gasteiger partial charge in [-0.2, -0.15) is 0 Å². The first-order valence-corrected chi connectivity index (χ1v) is 4.44. The van der Waals surface area contributed by atoms with Crippen molar-refractivity contribution in [2.45, 2.75) is 13.8 Å². The van der Waals surface area contributed by atoms with Gasteiger partial charge in [0.25, 0.3) is 0 Å². The molecule has 0 spiro atoms. The predicted octanol–water partition coefficient (Wildman–Crippen LogP) is 1.67. The summed E-state index contributed by atoms with van der Waals surface area (Å²) in [5.41, 5.74) is 3.67. The third-order valence-electron chi connectivity index (χ3n) is 2.18. The number of hydrogen-bond acceptors (Lipinski definition) is 1. The number of nitrogens with zero attached hydrogens (tertiary/aromatic N) is 1. The van der Waals surface area contributed by atoms with Crippen molar-refractivity contribution in [3.8, 4) is 0 Å². The topological polar surface area (TPSA) is 15.0 Å². The first-order valence-electron chi connectivity index (χ1n) is 4.44. The van der Waals surface area contributed by atoms with Gasteiger partial charge < -0.3 is 5.32 Å². The van der Waals surface area contributed by atoms with Crippen LogP contribution >= 0.6 is 0 Å². The molecular weight excluding hydrogens is 160 g/mol. The van der Waals surface area contributed by atoms with E-state index in [1.165, 1.54) is 11.1 Å². The number of rotatable bonds is 2. The van der Waals surface area contributed by atoms with Gasteiger partial charge in [-0.05, 0) is 31.4 Å². The Morgan fingerprint density at radius 2 is 2.38 bits per heavy atom. The van der Waals surface area contributed by atoms with E-state index in [-0.39, 0.29) is 0 Å². The fraction of sp³-hybridized carbons (Fsp3) is 0.364. The zero-order chi connectivity index (χ0) is 9.84. The zero-order valence-corrected chi connectivity index (χ0v) is 8.59. The van der Waals surface area contributed by atoms with Gasteiger partial charge in [0.1, 0.15) is 7.05 Å². The van der Waals surface area contributed by atoms with E-state index in [0.29, 0.717) is 0 Å². The van der Waals surface area contributed by atoms with Gasteiger partial charge in [-0.3, -0.25) is 0 Å². The second-order valence-electron chi connectivity index (χ2n) is 3.43. The highest BCUT2D eigenvalue weighted by molar-refractivity contribution is 5.80. The Bertz CT molecular complexity index is 306. The molecule has 1 aliphatic heterocycles. The zero-order valence-electron chi connectivity index (χ0n) is 8.59. The summed E-state index contributed by atoms with van der Waals surface area (Å²) in [5.74, 6) is 0. The summed E-state index contributed by atoms with van der Waals surface area (Å²) in [6, 6.07) is 0. The maximum atomic E-state index is 3.88. The van der Waals surface area contributed by atoms with Crippen LogP contribution in [0.4, 0.5) is 0 Å².